The van der Waals surface area contributed by atoms with Crippen LogP contribution in [0.3, 0.4) is 0 Å². The molecule has 2 heteroatoms. The Kier molecular flexibility index (Phi) is 3.69. The molecule has 0 saturated heterocycles. The van der Waals surface area contributed by atoms with Crippen LogP contribution in [0.5, 0.6) is 0 Å². The number of hydrogen-bond donors (Lipinski definition) is 1. The van der Waals surface area contributed by atoms with Gasteiger partial charge in [-0.2, -0.15) is 0 Å². The summed E-state index contributed by atoms with van der Waals surface area (Å²) in [4.78, 5) is 14.2. The van der Waals surface area contributed by atoms with Gasteiger partial charge in [0.1, 0.15) is 5.78 Å². The number of aromatic amines is 1. The van der Waals surface area contributed by atoms with E-state index in [1.807, 2.05) is 18.3 Å². The molecule has 0 radical (unpaired) electrons. The van der Waals surface area contributed by atoms with Crippen molar-refractivity contribution in [3.8, 4) is 0 Å². The maximum Gasteiger partial charge on any atom is 0.130 e. The molecule has 0 bridgehead atoms. The summed E-state index contributed by atoms with van der Waals surface area (Å²) in [6.45, 7) is 5.74. The Morgan fingerprint density at radius 3 is 2.64 bits per heavy atom. The lowest BCUT2D eigenvalue weighted by atomic mass is 9.97. The average molecular weight is 191 g/mol. The van der Waals surface area contributed by atoms with E-state index in [1.54, 1.807) is 6.92 Å². The monoisotopic (exact) mass is 191 g/mol. The molecule has 0 aliphatic heterocycles. The predicted octanol–water partition coefficient (Wildman–Crippen LogP) is 3.04. The summed E-state index contributed by atoms with van der Waals surface area (Å²) in [5.41, 5.74) is 2.35. The van der Waals surface area contributed by atoms with Gasteiger partial charge in [-0.1, -0.05) is 11.6 Å². The molecular formula is C12H17NO. The summed E-state index contributed by atoms with van der Waals surface area (Å²) >= 11 is 0. The number of allylic oxidation sites excluding steroid dienone is 2. The molecule has 0 amide bonds. The largest absolute Gasteiger partial charge is 0.364 e. The normalized spacial score (nSPS) is 12.2. The summed E-state index contributed by atoms with van der Waals surface area (Å²) in [5, 5.41) is 0. The molecule has 76 valence electrons. The molecule has 0 aliphatic rings. The standard InChI is InChI=1S/C12H17NO/c1-9(2)7-11(8-10(3)14)12-5-4-6-13-12/h4-7,11,13H,8H2,1-3H3/t11-/m1/s1. The Hall–Kier alpha value is -1.31. The summed E-state index contributed by atoms with van der Waals surface area (Å²) in [6, 6.07) is 3.98. The lowest BCUT2D eigenvalue weighted by molar-refractivity contribution is -0.117. The van der Waals surface area contributed by atoms with E-state index >= 15 is 0 Å². The molecule has 0 saturated carbocycles. The Bertz CT molecular complexity index is 318. The van der Waals surface area contributed by atoms with Gasteiger partial charge < -0.3 is 4.98 Å². The van der Waals surface area contributed by atoms with Crippen LogP contribution in [0.25, 0.3) is 0 Å². The first-order chi connectivity index (χ1) is 6.59. The van der Waals surface area contributed by atoms with Crippen molar-refractivity contribution < 1.29 is 4.79 Å². The number of carbonyl (C=O) groups excluding carboxylic acids is 1. The first-order valence-corrected chi connectivity index (χ1v) is 4.87. The zero-order valence-corrected chi connectivity index (χ0v) is 9.00. The van der Waals surface area contributed by atoms with Crippen LogP contribution in [0.2, 0.25) is 0 Å². The minimum absolute atomic E-state index is 0.201. The van der Waals surface area contributed by atoms with Gasteiger partial charge in [-0.25, -0.2) is 0 Å². The van der Waals surface area contributed by atoms with Gasteiger partial charge in [0.15, 0.2) is 0 Å². The van der Waals surface area contributed by atoms with Crippen molar-refractivity contribution in [1.29, 1.82) is 0 Å². The Morgan fingerprint density at radius 1 is 1.50 bits per heavy atom. The number of rotatable bonds is 4. The maximum absolute atomic E-state index is 11.1. The molecule has 0 aromatic carbocycles. The Labute approximate surface area is 85.0 Å². The predicted molar refractivity (Wildman–Crippen MR) is 58.3 cm³/mol. The van der Waals surface area contributed by atoms with Crippen molar-refractivity contribution in [2.45, 2.75) is 33.1 Å². The highest BCUT2D eigenvalue weighted by molar-refractivity contribution is 5.76. The smallest absolute Gasteiger partial charge is 0.130 e. The summed E-state index contributed by atoms with van der Waals surface area (Å²) < 4.78 is 0. The molecule has 1 atom stereocenters. The molecule has 0 aliphatic carbocycles. The molecule has 0 fully saturated rings. The van der Waals surface area contributed by atoms with Crippen LogP contribution >= 0.6 is 0 Å². The lowest BCUT2D eigenvalue weighted by Gasteiger charge is -2.09. The molecule has 1 aromatic heterocycles. The minimum Gasteiger partial charge on any atom is -0.364 e. The number of hydrogen-bond acceptors (Lipinski definition) is 1. The second kappa shape index (κ2) is 4.80. The number of carbonyl (C=O) groups is 1. The zero-order valence-electron chi connectivity index (χ0n) is 9.00. The van der Waals surface area contributed by atoms with Crippen LogP contribution in [0, 0.1) is 0 Å². The number of aromatic nitrogens is 1. The molecule has 1 aromatic rings. The molecule has 1 rings (SSSR count). The number of ketones is 1. The van der Waals surface area contributed by atoms with Gasteiger partial charge in [0.2, 0.25) is 0 Å². The highest BCUT2D eigenvalue weighted by Gasteiger charge is 2.11. The van der Waals surface area contributed by atoms with Crippen LogP contribution < -0.4 is 0 Å². The molecule has 0 spiro atoms. The highest BCUT2D eigenvalue weighted by Crippen LogP contribution is 2.21. The second-order valence-electron chi connectivity index (χ2n) is 3.88. The third-order valence-corrected chi connectivity index (χ3v) is 2.06. The number of nitrogens with one attached hydrogen (secondary N) is 1. The topological polar surface area (TPSA) is 32.9 Å². The molecule has 1 N–H and O–H groups in total. The van der Waals surface area contributed by atoms with Gasteiger partial charge in [-0.3, -0.25) is 4.79 Å². The van der Waals surface area contributed by atoms with Gasteiger partial charge in [0, 0.05) is 24.2 Å². The first kappa shape index (κ1) is 10.8. The van der Waals surface area contributed by atoms with Crippen LogP contribution in [0.1, 0.15) is 38.8 Å². The van der Waals surface area contributed by atoms with Crippen molar-refractivity contribution in [2.24, 2.45) is 0 Å². The Morgan fingerprint density at radius 2 is 2.21 bits per heavy atom. The summed E-state index contributed by atoms with van der Waals surface area (Å²) in [7, 11) is 0. The van der Waals surface area contributed by atoms with Crippen molar-refractivity contribution in [3.05, 3.63) is 35.7 Å². The van der Waals surface area contributed by atoms with Crippen molar-refractivity contribution in [3.63, 3.8) is 0 Å². The van der Waals surface area contributed by atoms with E-state index in [4.69, 9.17) is 0 Å². The molecule has 1 heterocycles. The molecular weight excluding hydrogens is 174 g/mol. The van der Waals surface area contributed by atoms with E-state index in [-0.39, 0.29) is 11.7 Å². The SMILES string of the molecule is CC(=O)C[C@@H](C=C(C)C)c1ccc[nH]1. The van der Waals surface area contributed by atoms with E-state index < -0.39 is 0 Å². The zero-order chi connectivity index (χ0) is 10.6. The van der Waals surface area contributed by atoms with Gasteiger partial charge in [0.25, 0.3) is 0 Å². The fourth-order valence-electron chi connectivity index (χ4n) is 1.55. The quantitative estimate of drug-likeness (QED) is 0.729. The van der Waals surface area contributed by atoms with Crippen molar-refractivity contribution >= 4 is 5.78 Å². The second-order valence-corrected chi connectivity index (χ2v) is 3.88. The molecule has 2 nitrogen and oxygen atoms in total. The average Bonchev–Trinajstić information content (AvgIpc) is 2.52. The third kappa shape index (κ3) is 3.21. The van der Waals surface area contributed by atoms with Gasteiger partial charge in [0.05, 0.1) is 0 Å². The minimum atomic E-state index is 0.201. The first-order valence-electron chi connectivity index (χ1n) is 4.87. The van der Waals surface area contributed by atoms with E-state index in [2.05, 4.69) is 24.9 Å². The summed E-state index contributed by atoms with van der Waals surface area (Å²) in [6.07, 6.45) is 4.60. The van der Waals surface area contributed by atoms with Gasteiger partial charge in [-0.15, -0.1) is 0 Å². The van der Waals surface area contributed by atoms with Crippen molar-refractivity contribution in [2.75, 3.05) is 0 Å². The van der Waals surface area contributed by atoms with Crippen LogP contribution in [-0.4, -0.2) is 10.8 Å². The van der Waals surface area contributed by atoms with Gasteiger partial charge in [-0.05, 0) is 32.9 Å². The summed E-state index contributed by atoms with van der Waals surface area (Å²) in [5.74, 6) is 0.426. The Balaban J connectivity index is 2.83. The molecule has 0 unspecified atom stereocenters. The highest BCUT2D eigenvalue weighted by atomic mass is 16.1. The number of H-pyrrole nitrogens is 1. The molecule has 14 heavy (non-hydrogen) atoms. The van der Waals surface area contributed by atoms with E-state index in [9.17, 15) is 4.79 Å². The number of Topliss-reactive ketones (excluding diaryl/α,β-unsaturated/α-hetero) is 1. The lowest BCUT2D eigenvalue weighted by Crippen LogP contribution is -2.02. The van der Waals surface area contributed by atoms with Crippen molar-refractivity contribution in [1.82, 2.24) is 4.98 Å². The van der Waals surface area contributed by atoms with Crippen LogP contribution in [0.15, 0.2) is 30.0 Å². The fraction of sp³-hybridized carbons (Fsp3) is 0.417. The van der Waals surface area contributed by atoms with E-state index in [0.29, 0.717) is 6.42 Å². The van der Waals surface area contributed by atoms with E-state index in [0.717, 1.165) is 5.69 Å². The fourth-order valence-corrected chi connectivity index (χ4v) is 1.55. The van der Waals surface area contributed by atoms with E-state index in [1.165, 1.54) is 5.57 Å². The van der Waals surface area contributed by atoms with Crippen LogP contribution in [-0.2, 0) is 4.79 Å². The third-order valence-electron chi connectivity index (χ3n) is 2.06. The van der Waals surface area contributed by atoms with Crippen LogP contribution in [0.4, 0.5) is 0 Å². The van der Waals surface area contributed by atoms with Gasteiger partial charge >= 0.3 is 0 Å². The maximum atomic E-state index is 11.1.